The third kappa shape index (κ3) is 2.26. The van der Waals surface area contributed by atoms with E-state index in [9.17, 15) is 4.79 Å². The van der Waals surface area contributed by atoms with Crippen molar-refractivity contribution in [3.8, 4) is 5.75 Å². The first kappa shape index (κ1) is 11.2. The van der Waals surface area contributed by atoms with E-state index in [0.29, 0.717) is 11.7 Å². The Morgan fingerprint density at radius 1 is 1.19 bits per heavy atom. The molecule has 0 N–H and O–H groups in total. The van der Waals surface area contributed by atoms with E-state index >= 15 is 0 Å². The van der Waals surface area contributed by atoms with E-state index in [0.717, 1.165) is 30.6 Å². The van der Waals surface area contributed by atoms with Crippen LogP contribution in [-0.2, 0) is 4.79 Å². The van der Waals surface area contributed by atoms with Crippen LogP contribution in [0.3, 0.4) is 0 Å². The standard InChI is InChI=1S/C14H18O2/c1-10-3-8-13(14(15)9-10)11-4-6-12(16-2)7-5-11/h4-7,10,13H,3,8-9H2,1-2H3/t10-,13+/m0/s1. The number of benzene rings is 1. The highest BCUT2D eigenvalue weighted by Crippen LogP contribution is 2.33. The van der Waals surface area contributed by atoms with Gasteiger partial charge in [-0.05, 0) is 36.5 Å². The molecule has 1 aromatic rings. The second-order valence-corrected chi connectivity index (χ2v) is 4.68. The van der Waals surface area contributed by atoms with Crippen LogP contribution >= 0.6 is 0 Å². The number of Topliss-reactive ketones (excluding diaryl/α,β-unsaturated/α-hetero) is 1. The Kier molecular flexibility index (Phi) is 3.28. The molecule has 16 heavy (non-hydrogen) atoms. The molecule has 1 aliphatic carbocycles. The van der Waals surface area contributed by atoms with E-state index in [1.54, 1.807) is 7.11 Å². The lowest BCUT2D eigenvalue weighted by atomic mass is 9.78. The summed E-state index contributed by atoms with van der Waals surface area (Å²) in [5.41, 5.74) is 1.14. The highest BCUT2D eigenvalue weighted by Gasteiger charge is 2.27. The molecule has 0 heterocycles. The molecule has 0 amide bonds. The van der Waals surface area contributed by atoms with Crippen LogP contribution in [0.5, 0.6) is 5.75 Å². The zero-order valence-corrected chi connectivity index (χ0v) is 9.90. The topological polar surface area (TPSA) is 26.3 Å². The van der Waals surface area contributed by atoms with Crippen LogP contribution in [0.15, 0.2) is 24.3 Å². The Labute approximate surface area is 96.6 Å². The fraction of sp³-hybridized carbons (Fsp3) is 0.500. The molecule has 86 valence electrons. The van der Waals surface area contributed by atoms with Gasteiger partial charge in [0, 0.05) is 12.3 Å². The van der Waals surface area contributed by atoms with Gasteiger partial charge in [0.1, 0.15) is 11.5 Å². The summed E-state index contributed by atoms with van der Waals surface area (Å²) >= 11 is 0. The maximum Gasteiger partial charge on any atom is 0.140 e. The van der Waals surface area contributed by atoms with Crippen LogP contribution in [0, 0.1) is 5.92 Å². The van der Waals surface area contributed by atoms with Crippen molar-refractivity contribution in [2.75, 3.05) is 7.11 Å². The van der Waals surface area contributed by atoms with Crippen molar-refractivity contribution in [3.05, 3.63) is 29.8 Å². The number of hydrogen-bond donors (Lipinski definition) is 0. The highest BCUT2D eigenvalue weighted by molar-refractivity contribution is 5.86. The normalized spacial score (nSPS) is 25.5. The third-order valence-corrected chi connectivity index (χ3v) is 3.40. The van der Waals surface area contributed by atoms with Crippen molar-refractivity contribution in [2.45, 2.75) is 32.1 Å². The minimum absolute atomic E-state index is 0.113. The zero-order valence-electron chi connectivity index (χ0n) is 9.90. The van der Waals surface area contributed by atoms with Gasteiger partial charge >= 0.3 is 0 Å². The van der Waals surface area contributed by atoms with Gasteiger partial charge in [-0.1, -0.05) is 19.1 Å². The molecule has 0 unspecified atom stereocenters. The molecular formula is C14H18O2. The summed E-state index contributed by atoms with van der Waals surface area (Å²) in [6, 6.07) is 7.88. The van der Waals surface area contributed by atoms with Gasteiger partial charge in [-0.2, -0.15) is 0 Å². The lowest BCUT2D eigenvalue weighted by Crippen LogP contribution is -2.21. The molecular weight excluding hydrogens is 200 g/mol. The van der Waals surface area contributed by atoms with Crippen LogP contribution < -0.4 is 4.74 Å². The molecule has 0 spiro atoms. The first-order chi connectivity index (χ1) is 7.70. The molecule has 2 atom stereocenters. The minimum Gasteiger partial charge on any atom is -0.497 e. The molecule has 0 bridgehead atoms. The SMILES string of the molecule is COc1ccc([C@H]2CC[C@H](C)CC2=O)cc1. The molecule has 2 rings (SSSR count). The van der Waals surface area contributed by atoms with Gasteiger partial charge < -0.3 is 4.74 Å². The summed E-state index contributed by atoms with van der Waals surface area (Å²) in [6.07, 6.45) is 2.88. The van der Waals surface area contributed by atoms with Gasteiger partial charge in [-0.25, -0.2) is 0 Å². The van der Waals surface area contributed by atoms with E-state index in [4.69, 9.17) is 4.74 Å². The van der Waals surface area contributed by atoms with Crippen LogP contribution in [0.1, 0.15) is 37.7 Å². The number of ether oxygens (including phenoxy) is 1. The first-order valence-electron chi connectivity index (χ1n) is 5.87. The van der Waals surface area contributed by atoms with Crippen molar-refractivity contribution in [1.82, 2.24) is 0 Å². The molecule has 0 saturated heterocycles. The van der Waals surface area contributed by atoms with E-state index < -0.39 is 0 Å². The highest BCUT2D eigenvalue weighted by atomic mass is 16.5. The number of rotatable bonds is 2. The Bertz CT molecular complexity index is 367. The van der Waals surface area contributed by atoms with Gasteiger partial charge in [0.15, 0.2) is 0 Å². The van der Waals surface area contributed by atoms with E-state index in [2.05, 4.69) is 6.92 Å². The Morgan fingerprint density at radius 3 is 2.44 bits per heavy atom. The average molecular weight is 218 g/mol. The van der Waals surface area contributed by atoms with Crippen molar-refractivity contribution in [3.63, 3.8) is 0 Å². The molecule has 1 aliphatic rings. The molecule has 1 aromatic carbocycles. The van der Waals surface area contributed by atoms with E-state index in [1.165, 1.54) is 0 Å². The summed E-state index contributed by atoms with van der Waals surface area (Å²) in [5, 5.41) is 0. The van der Waals surface area contributed by atoms with Gasteiger partial charge in [0.05, 0.1) is 7.11 Å². The average Bonchev–Trinajstić information content (AvgIpc) is 2.29. The third-order valence-electron chi connectivity index (χ3n) is 3.40. The molecule has 2 heteroatoms. The lowest BCUT2D eigenvalue weighted by Gasteiger charge is -2.25. The van der Waals surface area contributed by atoms with Gasteiger partial charge in [0.2, 0.25) is 0 Å². The first-order valence-corrected chi connectivity index (χ1v) is 5.87. The zero-order chi connectivity index (χ0) is 11.5. The second-order valence-electron chi connectivity index (χ2n) is 4.68. The Balaban J connectivity index is 2.14. The molecule has 1 saturated carbocycles. The summed E-state index contributed by atoms with van der Waals surface area (Å²) in [5.74, 6) is 1.91. The summed E-state index contributed by atoms with van der Waals surface area (Å²) < 4.78 is 5.12. The number of hydrogen-bond acceptors (Lipinski definition) is 2. The number of carbonyl (C=O) groups excluding carboxylic acids is 1. The van der Waals surface area contributed by atoms with Crippen LogP contribution in [0.4, 0.5) is 0 Å². The predicted octanol–water partition coefficient (Wildman–Crippen LogP) is 3.17. The number of carbonyl (C=O) groups is 1. The van der Waals surface area contributed by atoms with Crippen LogP contribution in [-0.4, -0.2) is 12.9 Å². The fourth-order valence-electron chi connectivity index (χ4n) is 2.39. The number of ketones is 1. The largest absolute Gasteiger partial charge is 0.497 e. The summed E-state index contributed by atoms with van der Waals surface area (Å²) in [6.45, 7) is 2.15. The molecule has 0 aliphatic heterocycles. The quantitative estimate of drug-likeness (QED) is 0.762. The number of methoxy groups -OCH3 is 1. The summed E-state index contributed by atoms with van der Waals surface area (Å²) in [7, 11) is 1.66. The van der Waals surface area contributed by atoms with Crippen molar-refractivity contribution >= 4 is 5.78 Å². The van der Waals surface area contributed by atoms with Crippen molar-refractivity contribution in [1.29, 1.82) is 0 Å². The van der Waals surface area contributed by atoms with Crippen molar-refractivity contribution < 1.29 is 9.53 Å². The monoisotopic (exact) mass is 218 g/mol. The Hall–Kier alpha value is -1.31. The molecule has 1 fully saturated rings. The van der Waals surface area contributed by atoms with E-state index in [1.807, 2.05) is 24.3 Å². The summed E-state index contributed by atoms with van der Waals surface area (Å²) in [4.78, 5) is 11.9. The predicted molar refractivity (Wildman–Crippen MR) is 63.8 cm³/mol. The maximum atomic E-state index is 11.9. The smallest absolute Gasteiger partial charge is 0.140 e. The maximum absolute atomic E-state index is 11.9. The van der Waals surface area contributed by atoms with Gasteiger partial charge in [-0.3, -0.25) is 4.79 Å². The molecule has 2 nitrogen and oxygen atoms in total. The lowest BCUT2D eigenvalue weighted by molar-refractivity contribution is -0.123. The van der Waals surface area contributed by atoms with Gasteiger partial charge in [-0.15, -0.1) is 0 Å². The molecule has 0 aromatic heterocycles. The van der Waals surface area contributed by atoms with E-state index in [-0.39, 0.29) is 5.92 Å². The van der Waals surface area contributed by atoms with Crippen molar-refractivity contribution in [2.24, 2.45) is 5.92 Å². The van der Waals surface area contributed by atoms with Crippen LogP contribution in [0.25, 0.3) is 0 Å². The minimum atomic E-state index is 0.113. The van der Waals surface area contributed by atoms with Gasteiger partial charge in [0.25, 0.3) is 0 Å². The Morgan fingerprint density at radius 2 is 1.88 bits per heavy atom. The second kappa shape index (κ2) is 4.69. The molecule has 0 radical (unpaired) electrons. The van der Waals surface area contributed by atoms with Crippen LogP contribution in [0.2, 0.25) is 0 Å². The fourth-order valence-corrected chi connectivity index (χ4v) is 2.39.